The molecule has 0 amide bonds. The summed E-state index contributed by atoms with van der Waals surface area (Å²) in [5, 5.41) is 15.2. The zero-order chi connectivity index (χ0) is 10.7. The molecule has 15 heavy (non-hydrogen) atoms. The molecule has 0 aliphatic carbocycles. The third-order valence-corrected chi connectivity index (χ3v) is 2.55. The van der Waals surface area contributed by atoms with Crippen molar-refractivity contribution in [3.8, 4) is 6.07 Å². The Morgan fingerprint density at radius 2 is 2.40 bits per heavy atom. The summed E-state index contributed by atoms with van der Waals surface area (Å²) in [6.45, 7) is 1.83. The van der Waals surface area contributed by atoms with Crippen LogP contribution in [0.1, 0.15) is 12.0 Å². The molecular weight excluding hydrogens is 193 g/mol. The topological polar surface area (TPSA) is 47.9 Å². The van der Waals surface area contributed by atoms with Crippen LogP contribution in [0.4, 0.5) is 10.1 Å². The van der Waals surface area contributed by atoms with Crippen LogP contribution in [0.25, 0.3) is 0 Å². The van der Waals surface area contributed by atoms with Crippen molar-refractivity contribution >= 4 is 5.69 Å². The number of rotatable bonds is 2. The zero-order valence-corrected chi connectivity index (χ0v) is 8.26. The van der Waals surface area contributed by atoms with Crippen molar-refractivity contribution in [2.75, 3.05) is 18.4 Å². The molecule has 1 atom stereocenters. The molecule has 0 bridgehead atoms. The van der Waals surface area contributed by atoms with E-state index in [4.69, 9.17) is 5.26 Å². The average Bonchev–Trinajstić information content (AvgIpc) is 2.71. The molecule has 1 aliphatic rings. The van der Waals surface area contributed by atoms with E-state index in [0.717, 1.165) is 19.5 Å². The Morgan fingerprint density at radius 1 is 1.53 bits per heavy atom. The van der Waals surface area contributed by atoms with Gasteiger partial charge >= 0.3 is 0 Å². The fourth-order valence-corrected chi connectivity index (χ4v) is 1.76. The highest BCUT2D eigenvalue weighted by Crippen LogP contribution is 2.19. The third kappa shape index (κ3) is 2.08. The van der Waals surface area contributed by atoms with E-state index < -0.39 is 5.82 Å². The van der Waals surface area contributed by atoms with Gasteiger partial charge in [0.05, 0.1) is 5.69 Å². The molecule has 0 radical (unpaired) electrons. The largest absolute Gasteiger partial charge is 0.380 e. The Morgan fingerprint density at radius 3 is 3.07 bits per heavy atom. The first-order valence-electron chi connectivity index (χ1n) is 4.97. The number of nitrogens with one attached hydrogen (secondary N) is 2. The molecular formula is C11H12FN3. The predicted molar refractivity (Wildman–Crippen MR) is 56.0 cm³/mol. The smallest absolute Gasteiger partial charge is 0.143 e. The number of halogens is 1. The second-order valence-electron chi connectivity index (χ2n) is 3.61. The molecule has 1 aromatic rings. The molecule has 0 spiro atoms. The van der Waals surface area contributed by atoms with Crippen LogP contribution >= 0.6 is 0 Å². The second kappa shape index (κ2) is 4.28. The van der Waals surface area contributed by atoms with Crippen molar-refractivity contribution in [2.24, 2.45) is 0 Å². The van der Waals surface area contributed by atoms with Gasteiger partial charge in [-0.25, -0.2) is 4.39 Å². The minimum absolute atomic E-state index is 0.101. The maximum atomic E-state index is 13.2. The first-order chi connectivity index (χ1) is 7.31. The van der Waals surface area contributed by atoms with Crippen LogP contribution in [0.2, 0.25) is 0 Å². The first kappa shape index (κ1) is 9.94. The Kier molecular flexibility index (Phi) is 2.84. The fourth-order valence-electron chi connectivity index (χ4n) is 1.76. The van der Waals surface area contributed by atoms with Gasteiger partial charge in [-0.3, -0.25) is 0 Å². The molecule has 0 aromatic heterocycles. The van der Waals surface area contributed by atoms with Crippen LogP contribution < -0.4 is 10.6 Å². The Balaban J connectivity index is 2.20. The van der Waals surface area contributed by atoms with Gasteiger partial charge in [0.25, 0.3) is 0 Å². The molecule has 2 N–H and O–H groups in total. The van der Waals surface area contributed by atoms with Crippen LogP contribution in [-0.2, 0) is 0 Å². The van der Waals surface area contributed by atoms with Crippen molar-refractivity contribution in [1.29, 1.82) is 5.26 Å². The Bertz CT molecular complexity index is 391. The van der Waals surface area contributed by atoms with E-state index in [1.165, 1.54) is 6.07 Å². The lowest BCUT2D eigenvalue weighted by molar-refractivity contribution is 0.624. The summed E-state index contributed by atoms with van der Waals surface area (Å²) in [6, 6.07) is 6.82. The fraction of sp³-hybridized carbons (Fsp3) is 0.364. The standard InChI is InChI=1S/C11H12FN3/c12-10-2-1-3-11(9(10)6-13)15-8-4-5-14-7-8/h1-3,8,14-15H,4-5,7H2. The quantitative estimate of drug-likeness (QED) is 0.768. The lowest BCUT2D eigenvalue weighted by atomic mass is 10.1. The van der Waals surface area contributed by atoms with Gasteiger partial charge in [0.2, 0.25) is 0 Å². The molecule has 1 fully saturated rings. The van der Waals surface area contributed by atoms with Crippen molar-refractivity contribution in [1.82, 2.24) is 5.32 Å². The molecule has 1 aromatic carbocycles. The highest BCUT2D eigenvalue weighted by molar-refractivity contribution is 5.58. The Hall–Kier alpha value is -1.60. The van der Waals surface area contributed by atoms with Gasteiger partial charge in [-0.1, -0.05) is 6.07 Å². The van der Waals surface area contributed by atoms with Gasteiger partial charge in [-0.15, -0.1) is 0 Å². The molecule has 78 valence electrons. The average molecular weight is 205 g/mol. The van der Waals surface area contributed by atoms with Crippen molar-refractivity contribution in [2.45, 2.75) is 12.5 Å². The number of hydrogen-bond acceptors (Lipinski definition) is 3. The van der Waals surface area contributed by atoms with E-state index >= 15 is 0 Å². The summed E-state index contributed by atoms with van der Waals surface area (Å²) >= 11 is 0. The van der Waals surface area contributed by atoms with Gasteiger partial charge in [-0.05, 0) is 25.1 Å². The van der Waals surface area contributed by atoms with Crippen LogP contribution in [0, 0.1) is 17.1 Å². The van der Waals surface area contributed by atoms with E-state index in [1.54, 1.807) is 12.1 Å². The summed E-state index contributed by atoms with van der Waals surface area (Å²) in [7, 11) is 0. The third-order valence-electron chi connectivity index (χ3n) is 2.55. The number of nitriles is 1. The minimum Gasteiger partial charge on any atom is -0.380 e. The molecule has 0 saturated carbocycles. The van der Waals surface area contributed by atoms with Crippen LogP contribution in [0.3, 0.4) is 0 Å². The van der Waals surface area contributed by atoms with E-state index in [-0.39, 0.29) is 5.56 Å². The lowest BCUT2D eigenvalue weighted by Crippen LogP contribution is -2.22. The summed E-state index contributed by atoms with van der Waals surface area (Å²) in [6.07, 6.45) is 1.00. The summed E-state index contributed by atoms with van der Waals surface area (Å²) in [4.78, 5) is 0. The van der Waals surface area contributed by atoms with Gasteiger partial charge in [0.1, 0.15) is 17.4 Å². The Labute approximate surface area is 87.9 Å². The van der Waals surface area contributed by atoms with Crippen molar-refractivity contribution in [3.63, 3.8) is 0 Å². The van der Waals surface area contributed by atoms with Crippen LogP contribution in [0.5, 0.6) is 0 Å². The maximum absolute atomic E-state index is 13.2. The number of anilines is 1. The predicted octanol–water partition coefficient (Wildman–Crippen LogP) is 1.47. The van der Waals surface area contributed by atoms with Crippen LogP contribution in [0.15, 0.2) is 18.2 Å². The zero-order valence-electron chi connectivity index (χ0n) is 8.26. The van der Waals surface area contributed by atoms with E-state index in [2.05, 4.69) is 10.6 Å². The van der Waals surface area contributed by atoms with Gasteiger partial charge in [-0.2, -0.15) is 5.26 Å². The summed E-state index contributed by atoms with van der Waals surface area (Å²) in [5.41, 5.74) is 0.690. The molecule has 1 saturated heterocycles. The van der Waals surface area contributed by atoms with Crippen molar-refractivity contribution in [3.05, 3.63) is 29.6 Å². The molecule has 1 unspecified atom stereocenters. The minimum atomic E-state index is -0.464. The second-order valence-corrected chi connectivity index (χ2v) is 3.61. The number of nitrogens with zero attached hydrogens (tertiary/aromatic N) is 1. The highest BCUT2D eigenvalue weighted by atomic mass is 19.1. The summed E-state index contributed by atoms with van der Waals surface area (Å²) < 4.78 is 13.2. The number of hydrogen-bond donors (Lipinski definition) is 2. The lowest BCUT2D eigenvalue weighted by Gasteiger charge is -2.14. The van der Waals surface area contributed by atoms with Gasteiger partial charge in [0.15, 0.2) is 0 Å². The SMILES string of the molecule is N#Cc1c(F)cccc1NC1CCNC1. The molecule has 4 heteroatoms. The van der Waals surface area contributed by atoms with Crippen LogP contribution in [-0.4, -0.2) is 19.1 Å². The van der Waals surface area contributed by atoms with Gasteiger partial charge in [0, 0.05) is 12.6 Å². The number of benzene rings is 1. The monoisotopic (exact) mass is 205 g/mol. The molecule has 1 heterocycles. The molecule has 2 rings (SSSR count). The van der Waals surface area contributed by atoms with Gasteiger partial charge < -0.3 is 10.6 Å². The highest BCUT2D eigenvalue weighted by Gasteiger charge is 2.16. The van der Waals surface area contributed by atoms with E-state index in [9.17, 15) is 4.39 Å². The maximum Gasteiger partial charge on any atom is 0.143 e. The van der Waals surface area contributed by atoms with E-state index in [1.807, 2.05) is 6.07 Å². The first-order valence-corrected chi connectivity index (χ1v) is 4.97. The molecule has 1 aliphatic heterocycles. The molecule has 3 nitrogen and oxygen atoms in total. The van der Waals surface area contributed by atoms with E-state index in [0.29, 0.717) is 11.7 Å². The summed E-state index contributed by atoms with van der Waals surface area (Å²) in [5.74, 6) is -0.464. The van der Waals surface area contributed by atoms with Crippen molar-refractivity contribution < 1.29 is 4.39 Å². The normalized spacial score (nSPS) is 19.9.